The molecule has 0 aromatic carbocycles. The summed E-state index contributed by atoms with van der Waals surface area (Å²) in [5.41, 5.74) is 0.408. The maximum absolute atomic E-state index is 12.0. The van der Waals surface area contributed by atoms with E-state index in [2.05, 4.69) is 4.72 Å². The van der Waals surface area contributed by atoms with Crippen molar-refractivity contribution < 1.29 is 18.3 Å². The van der Waals surface area contributed by atoms with Crippen LogP contribution in [0.25, 0.3) is 0 Å². The monoisotopic (exact) mass is 288 g/mol. The van der Waals surface area contributed by atoms with Crippen LogP contribution in [0.1, 0.15) is 28.1 Å². The van der Waals surface area contributed by atoms with Crippen molar-refractivity contribution in [1.82, 2.24) is 4.72 Å². The number of carboxylic acid groups (broad SMARTS) is 1. The maximum atomic E-state index is 12.0. The van der Waals surface area contributed by atoms with Crippen molar-refractivity contribution in [2.24, 2.45) is 0 Å². The number of carbonyl (C=O) groups is 1. The number of aryl methyl sites for hydroxylation is 1. The van der Waals surface area contributed by atoms with Gasteiger partial charge < -0.3 is 5.11 Å². The Labute approximate surface area is 109 Å². The summed E-state index contributed by atoms with van der Waals surface area (Å²) >= 11 is 0.884. The van der Waals surface area contributed by atoms with Crippen molar-refractivity contribution in [3.05, 3.63) is 15.8 Å². The van der Waals surface area contributed by atoms with Gasteiger partial charge in [-0.25, -0.2) is 17.9 Å². The smallest absolute Gasteiger partial charge is 0.347 e. The number of aromatic carboxylic acids is 1. The number of hydrogen-bond acceptors (Lipinski definition) is 5. The summed E-state index contributed by atoms with van der Waals surface area (Å²) in [7, 11) is -3.83. The van der Waals surface area contributed by atoms with Gasteiger partial charge in [0.05, 0.1) is 6.07 Å². The maximum Gasteiger partial charge on any atom is 0.347 e. The van der Waals surface area contributed by atoms with E-state index >= 15 is 0 Å². The number of hydrogen-bond donors (Lipinski definition) is 2. The quantitative estimate of drug-likeness (QED) is 0.768. The molecule has 6 nitrogen and oxygen atoms in total. The number of sulfonamides is 1. The van der Waals surface area contributed by atoms with Gasteiger partial charge in [0, 0.05) is 13.0 Å². The molecule has 0 unspecified atom stereocenters. The number of rotatable bonds is 6. The fraction of sp³-hybridized carbons (Fsp3) is 0.400. The third-order valence-corrected chi connectivity index (χ3v) is 5.00. The van der Waals surface area contributed by atoms with Gasteiger partial charge in [-0.1, -0.05) is 0 Å². The number of nitriles is 1. The minimum Gasteiger partial charge on any atom is -0.477 e. The first-order valence-corrected chi connectivity index (χ1v) is 7.44. The molecule has 1 rings (SSSR count). The molecule has 0 bridgehead atoms. The molecule has 0 aliphatic heterocycles. The minimum atomic E-state index is -3.83. The van der Waals surface area contributed by atoms with Gasteiger partial charge in [0.15, 0.2) is 0 Å². The normalized spacial score (nSPS) is 11.1. The molecule has 0 saturated heterocycles. The van der Waals surface area contributed by atoms with Crippen molar-refractivity contribution in [1.29, 1.82) is 5.26 Å². The molecule has 0 aliphatic rings. The van der Waals surface area contributed by atoms with Gasteiger partial charge in [0.2, 0.25) is 10.0 Å². The standard InChI is InChI=1S/C10H12N2O4S2/c1-7-6-17-8(10(13)14)9(7)18(15,16)12-5-3-2-4-11/h6,12H,2-3,5H2,1H3,(H,13,14). The minimum absolute atomic E-state index is 0.115. The van der Waals surface area contributed by atoms with Gasteiger partial charge >= 0.3 is 5.97 Å². The van der Waals surface area contributed by atoms with E-state index in [9.17, 15) is 13.2 Å². The zero-order valence-electron chi connectivity index (χ0n) is 9.63. The number of carboxylic acids is 1. The molecule has 1 aromatic rings. The Hall–Kier alpha value is -1.43. The zero-order chi connectivity index (χ0) is 13.8. The number of unbranched alkanes of at least 4 members (excludes halogenated alkanes) is 1. The Morgan fingerprint density at radius 1 is 1.61 bits per heavy atom. The molecule has 0 aliphatic carbocycles. The zero-order valence-corrected chi connectivity index (χ0v) is 11.3. The third-order valence-electron chi connectivity index (χ3n) is 2.14. The molecule has 98 valence electrons. The number of nitrogens with one attached hydrogen (secondary N) is 1. The van der Waals surface area contributed by atoms with Crippen molar-refractivity contribution in [2.75, 3.05) is 6.54 Å². The first-order chi connectivity index (χ1) is 8.40. The van der Waals surface area contributed by atoms with E-state index in [0.29, 0.717) is 12.0 Å². The second-order valence-electron chi connectivity index (χ2n) is 3.54. The Morgan fingerprint density at radius 3 is 2.83 bits per heavy atom. The Bertz CT molecular complexity index is 584. The fourth-order valence-corrected chi connectivity index (χ4v) is 4.06. The van der Waals surface area contributed by atoms with Crippen LogP contribution in [-0.4, -0.2) is 26.0 Å². The molecule has 0 spiro atoms. The molecule has 0 saturated carbocycles. The lowest BCUT2D eigenvalue weighted by atomic mass is 10.3. The summed E-state index contributed by atoms with van der Waals surface area (Å²) in [5, 5.41) is 18.8. The molecule has 0 amide bonds. The van der Waals surface area contributed by atoms with E-state index in [1.165, 1.54) is 5.38 Å². The van der Waals surface area contributed by atoms with Crippen molar-refractivity contribution in [3.8, 4) is 6.07 Å². The Morgan fingerprint density at radius 2 is 2.28 bits per heavy atom. The molecule has 8 heteroatoms. The molecular formula is C10H12N2O4S2. The van der Waals surface area contributed by atoms with Gasteiger partial charge in [-0.3, -0.25) is 0 Å². The lowest BCUT2D eigenvalue weighted by Gasteiger charge is -2.06. The first-order valence-electron chi connectivity index (χ1n) is 5.08. The molecule has 1 aromatic heterocycles. The average Bonchev–Trinajstić information content (AvgIpc) is 2.67. The van der Waals surface area contributed by atoms with Crippen molar-refractivity contribution in [3.63, 3.8) is 0 Å². The molecule has 2 N–H and O–H groups in total. The molecule has 1 heterocycles. The van der Waals surface area contributed by atoms with Gasteiger partial charge in [-0.2, -0.15) is 5.26 Å². The van der Waals surface area contributed by atoms with E-state index in [1.54, 1.807) is 6.92 Å². The topological polar surface area (TPSA) is 107 Å². The second kappa shape index (κ2) is 5.95. The van der Waals surface area contributed by atoms with E-state index in [-0.39, 0.29) is 22.7 Å². The van der Waals surface area contributed by atoms with E-state index in [4.69, 9.17) is 10.4 Å². The van der Waals surface area contributed by atoms with Crippen LogP contribution in [0, 0.1) is 18.3 Å². The second-order valence-corrected chi connectivity index (χ2v) is 6.13. The van der Waals surface area contributed by atoms with Crippen LogP contribution >= 0.6 is 11.3 Å². The van der Waals surface area contributed by atoms with Gasteiger partial charge in [-0.05, 0) is 24.3 Å². The highest BCUT2D eigenvalue weighted by molar-refractivity contribution is 7.89. The Balaban J connectivity index is 2.95. The van der Waals surface area contributed by atoms with E-state index < -0.39 is 16.0 Å². The lowest BCUT2D eigenvalue weighted by molar-refractivity contribution is 0.0698. The highest BCUT2D eigenvalue weighted by Gasteiger charge is 2.26. The summed E-state index contributed by atoms with van der Waals surface area (Å²) < 4.78 is 26.2. The van der Waals surface area contributed by atoms with Crippen LogP contribution in [0.5, 0.6) is 0 Å². The third kappa shape index (κ3) is 3.29. The molecule has 0 atom stereocenters. The summed E-state index contributed by atoms with van der Waals surface area (Å²) in [5.74, 6) is -1.26. The highest BCUT2D eigenvalue weighted by atomic mass is 32.2. The van der Waals surface area contributed by atoms with Crippen molar-refractivity contribution >= 4 is 27.3 Å². The molecule has 18 heavy (non-hydrogen) atoms. The molecule has 0 radical (unpaired) electrons. The highest BCUT2D eigenvalue weighted by Crippen LogP contribution is 2.26. The van der Waals surface area contributed by atoms with Crippen LogP contribution in [0.3, 0.4) is 0 Å². The van der Waals surface area contributed by atoms with Gasteiger partial charge in [-0.15, -0.1) is 11.3 Å². The predicted molar refractivity (Wildman–Crippen MR) is 66.1 cm³/mol. The van der Waals surface area contributed by atoms with Crippen LogP contribution in [-0.2, 0) is 10.0 Å². The van der Waals surface area contributed by atoms with Crippen molar-refractivity contribution in [2.45, 2.75) is 24.7 Å². The molecule has 0 fully saturated rings. The van der Waals surface area contributed by atoms with Crippen LogP contribution in [0.15, 0.2) is 10.3 Å². The lowest BCUT2D eigenvalue weighted by Crippen LogP contribution is -2.26. The van der Waals surface area contributed by atoms with Gasteiger partial charge in [0.1, 0.15) is 9.77 Å². The summed E-state index contributed by atoms with van der Waals surface area (Å²) in [6.07, 6.45) is 0.637. The van der Waals surface area contributed by atoms with Crippen LogP contribution < -0.4 is 4.72 Å². The molecular weight excluding hydrogens is 276 g/mol. The van der Waals surface area contributed by atoms with Gasteiger partial charge in [0.25, 0.3) is 0 Å². The fourth-order valence-electron chi connectivity index (χ4n) is 1.36. The number of nitrogens with zero attached hydrogens (tertiary/aromatic N) is 1. The number of thiophene rings is 1. The summed E-state index contributed by atoms with van der Waals surface area (Å²) in [6, 6.07) is 1.90. The van der Waals surface area contributed by atoms with Crippen LogP contribution in [0.2, 0.25) is 0 Å². The van der Waals surface area contributed by atoms with E-state index in [0.717, 1.165) is 11.3 Å². The summed E-state index contributed by atoms with van der Waals surface area (Å²) in [6.45, 7) is 1.66. The van der Waals surface area contributed by atoms with E-state index in [1.807, 2.05) is 6.07 Å². The largest absolute Gasteiger partial charge is 0.477 e. The predicted octanol–water partition coefficient (Wildman–Crippen LogP) is 1.34. The average molecular weight is 288 g/mol. The van der Waals surface area contributed by atoms with Crippen LogP contribution in [0.4, 0.5) is 0 Å². The summed E-state index contributed by atoms with van der Waals surface area (Å²) in [4.78, 5) is 10.6. The first kappa shape index (κ1) is 14.6. The SMILES string of the molecule is Cc1csc(C(=O)O)c1S(=O)(=O)NCCCC#N. The Kier molecular flexibility index (Phi) is 4.84.